The maximum Gasteiger partial charge on any atom is 0.228 e. The van der Waals surface area contributed by atoms with Crippen LogP contribution in [-0.4, -0.2) is 16.8 Å². The number of carbonyl (C=O) groups is 2. The van der Waals surface area contributed by atoms with E-state index < -0.39 is 17.7 Å². The van der Waals surface area contributed by atoms with Crippen LogP contribution in [0.3, 0.4) is 0 Å². The van der Waals surface area contributed by atoms with E-state index in [2.05, 4.69) is 15.6 Å². The summed E-state index contributed by atoms with van der Waals surface area (Å²) in [5, 5.41) is 6.32. The van der Waals surface area contributed by atoms with Gasteiger partial charge in [0, 0.05) is 11.6 Å². The van der Waals surface area contributed by atoms with Gasteiger partial charge in [-0.3, -0.25) is 14.6 Å². The zero-order valence-electron chi connectivity index (χ0n) is 13.8. The summed E-state index contributed by atoms with van der Waals surface area (Å²) in [6.07, 6.45) is 2.12. The Balaban J connectivity index is 1.42. The molecule has 1 aromatic heterocycles. The molecule has 0 bridgehead atoms. The minimum Gasteiger partial charge on any atom is -0.324 e. The highest BCUT2D eigenvalue weighted by atomic mass is 19.1. The normalized spacial score (nSPS) is 18.3. The zero-order valence-corrected chi connectivity index (χ0v) is 13.8. The highest BCUT2D eigenvalue weighted by Gasteiger charge is 2.48. The number of benzene rings is 2. The number of nitrogens with one attached hydrogen (secondary N) is 2. The van der Waals surface area contributed by atoms with Crippen molar-refractivity contribution in [2.24, 2.45) is 11.8 Å². The van der Waals surface area contributed by atoms with Crippen LogP contribution in [-0.2, 0) is 9.59 Å². The first-order valence-corrected chi connectivity index (χ1v) is 8.33. The van der Waals surface area contributed by atoms with Crippen LogP contribution in [0.25, 0.3) is 10.9 Å². The van der Waals surface area contributed by atoms with Crippen LogP contribution in [0, 0.1) is 17.7 Å². The van der Waals surface area contributed by atoms with Crippen molar-refractivity contribution in [1.29, 1.82) is 0 Å². The smallest absolute Gasteiger partial charge is 0.228 e. The first-order chi connectivity index (χ1) is 12.6. The number of carbonyl (C=O) groups excluding carboxylic acids is 2. The lowest BCUT2D eigenvalue weighted by atomic mass is 10.2. The van der Waals surface area contributed by atoms with Crippen molar-refractivity contribution < 1.29 is 14.0 Å². The average molecular weight is 349 g/mol. The van der Waals surface area contributed by atoms with E-state index in [1.165, 1.54) is 12.1 Å². The Morgan fingerprint density at radius 1 is 0.885 bits per heavy atom. The number of hydrogen-bond donors (Lipinski definition) is 2. The van der Waals surface area contributed by atoms with Gasteiger partial charge < -0.3 is 10.6 Å². The number of pyridine rings is 1. The first-order valence-electron chi connectivity index (χ1n) is 8.33. The fraction of sp³-hybridized carbons (Fsp3) is 0.150. The third-order valence-electron chi connectivity index (χ3n) is 4.49. The van der Waals surface area contributed by atoms with Gasteiger partial charge in [0.1, 0.15) is 5.82 Å². The van der Waals surface area contributed by atoms with E-state index in [1.807, 2.05) is 24.3 Å². The number of rotatable bonds is 4. The van der Waals surface area contributed by atoms with Crippen molar-refractivity contribution in [3.63, 3.8) is 0 Å². The molecule has 2 amide bonds. The van der Waals surface area contributed by atoms with Crippen LogP contribution in [0.1, 0.15) is 6.42 Å². The second kappa shape index (κ2) is 6.55. The second-order valence-electron chi connectivity index (χ2n) is 6.29. The Morgan fingerprint density at radius 2 is 1.54 bits per heavy atom. The van der Waals surface area contributed by atoms with Crippen molar-refractivity contribution in [2.45, 2.75) is 6.42 Å². The van der Waals surface area contributed by atoms with E-state index in [0.717, 1.165) is 5.39 Å². The molecule has 0 saturated heterocycles. The highest BCUT2D eigenvalue weighted by Crippen LogP contribution is 2.40. The van der Waals surface area contributed by atoms with Crippen LogP contribution in [0.4, 0.5) is 15.8 Å². The van der Waals surface area contributed by atoms with Crippen molar-refractivity contribution in [3.8, 4) is 0 Å². The summed E-state index contributed by atoms with van der Waals surface area (Å²) in [6, 6.07) is 15.3. The molecule has 1 heterocycles. The monoisotopic (exact) mass is 349 g/mol. The summed E-state index contributed by atoms with van der Waals surface area (Å²) < 4.78 is 13.6. The molecule has 4 rings (SSSR count). The van der Waals surface area contributed by atoms with E-state index in [-0.39, 0.29) is 17.5 Å². The summed E-state index contributed by atoms with van der Waals surface area (Å²) in [5.74, 6) is -1.93. The molecule has 0 spiro atoms. The minimum atomic E-state index is -0.496. The fourth-order valence-electron chi connectivity index (χ4n) is 2.99. The number of fused-ring (bicyclic) bond motifs is 1. The van der Waals surface area contributed by atoms with Gasteiger partial charge in [0.25, 0.3) is 0 Å². The van der Waals surface area contributed by atoms with E-state index >= 15 is 0 Å². The van der Waals surface area contributed by atoms with Crippen LogP contribution >= 0.6 is 0 Å². The average Bonchev–Trinajstić information content (AvgIpc) is 3.45. The molecule has 2 N–H and O–H groups in total. The molecule has 2 unspecified atom stereocenters. The summed E-state index contributed by atoms with van der Waals surface area (Å²) in [5.41, 5.74) is 1.45. The van der Waals surface area contributed by atoms with E-state index in [9.17, 15) is 14.0 Å². The molecular formula is C20H16FN3O2. The Labute approximate surface area is 149 Å². The number of halogens is 1. The van der Waals surface area contributed by atoms with E-state index in [0.29, 0.717) is 17.6 Å². The van der Waals surface area contributed by atoms with Crippen LogP contribution in [0.5, 0.6) is 0 Å². The molecule has 6 heteroatoms. The van der Waals surface area contributed by atoms with E-state index in [1.54, 1.807) is 24.4 Å². The Morgan fingerprint density at radius 3 is 2.31 bits per heavy atom. The summed E-state index contributed by atoms with van der Waals surface area (Å²) in [7, 11) is 0. The molecule has 2 atom stereocenters. The fourth-order valence-corrected chi connectivity index (χ4v) is 2.99. The minimum absolute atomic E-state index is 0.127. The molecule has 130 valence electrons. The number of nitrogens with zero attached hydrogens (tertiary/aromatic N) is 1. The molecule has 0 aliphatic heterocycles. The summed E-state index contributed by atoms with van der Waals surface area (Å²) >= 11 is 0. The molecule has 1 fully saturated rings. The van der Waals surface area contributed by atoms with Gasteiger partial charge in [-0.25, -0.2) is 4.39 Å². The Bertz CT molecular complexity index is 1000. The lowest BCUT2D eigenvalue weighted by Crippen LogP contribution is -2.21. The molecule has 5 nitrogen and oxygen atoms in total. The van der Waals surface area contributed by atoms with Gasteiger partial charge in [0.15, 0.2) is 0 Å². The SMILES string of the molecule is O=C(Nc1ccccc1F)C1CC1C(=O)Nc1cccc2cccnc12. The molecular weight excluding hydrogens is 333 g/mol. The highest BCUT2D eigenvalue weighted by molar-refractivity contribution is 6.06. The number of amides is 2. The maximum atomic E-state index is 13.6. The van der Waals surface area contributed by atoms with Crippen molar-refractivity contribution in [3.05, 3.63) is 66.6 Å². The lowest BCUT2D eigenvalue weighted by Gasteiger charge is -2.08. The Kier molecular flexibility index (Phi) is 4.08. The van der Waals surface area contributed by atoms with Gasteiger partial charge in [-0.1, -0.05) is 30.3 Å². The number of aromatic nitrogens is 1. The van der Waals surface area contributed by atoms with Crippen molar-refractivity contribution in [1.82, 2.24) is 4.98 Å². The third kappa shape index (κ3) is 3.13. The molecule has 2 aromatic carbocycles. The van der Waals surface area contributed by atoms with Gasteiger partial charge in [0.2, 0.25) is 11.8 Å². The summed E-state index contributed by atoms with van der Waals surface area (Å²) in [6.45, 7) is 0. The predicted molar refractivity (Wildman–Crippen MR) is 97.0 cm³/mol. The van der Waals surface area contributed by atoms with Crippen molar-refractivity contribution in [2.75, 3.05) is 10.6 Å². The number of para-hydroxylation sites is 2. The molecule has 1 saturated carbocycles. The molecule has 1 aliphatic carbocycles. The maximum absolute atomic E-state index is 13.6. The van der Waals surface area contributed by atoms with Gasteiger partial charge in [-0.15, -0.1) is 0 Å². The molecule has 1 aliphatic rings. The van der Waals surface area contributed by atoms with Gasteiger partial charge in [-0.2, -0.15) is 0 Å². The topological polar surface area (TPSA) is 71.1 Å². The molecule has 26 heavy (non-hydrogen) atoms. The van der Waals surface area contributed by atoms with Gasteiger partial charge >= 0.3 is 0 Å². The van der Waals surface area contributed by atoms with Crippen LogP contribution in [0.15, 0.2) is 60.8 Å². The molecule has 3 aromatic rings. The first kappa shape index (κ1) is 16.2. The molecule has 0 radical (unpaired) electrons. The van der Waals surface area contributed by atoms with Gasteiger partial charge in [-0.05, 0) is 30.7 Å². The third-order valence-corrected chi connectivity index (χ3v) is 4.49. The quantitative estimate of drug-likeness (QED) is 0.756. The zero-order chi connectivity index (χ0) is 18.1. The van der Waals surface area contributed by atoms with E-state index in [4.69, 9.17) is 0 Å². The van der Waals surface area contributed by atoms with Crippen molar-refractivity contribution >= 4 is 34.1 Å². The Hall–Kier alpha value is -3.28. The summed E-state index contributed by atoms with van der Waals surface area (Å²) in [4.78, 5) is 29.0. The number of anilines is 2. The predicted octanol–water partition coefficient (Wildman–Crippen LogP) is 3.59. The van der Waals surface area contributed by atoms with Crippen LogP contribution < -0.4 is 10.6 Å². The number of hydrogen-bond acceptors (Lipinski definition) is 3. The largest absolute Gasteiger partial charge is 0.324 e. The van der Waals surface area contributed by atoms with Crippen LogP contribution in [0.2, 0.25) is 0 Å². The standard InChI is InChI=1S/C20H16FN3O2/c21-15-7-1-2-8-16(15)23-19(25)13-11-14(13)20(26)24-17-9-3-5-12-6-4-10-22-18(12)17/h1-10,13-14H,11H2,(H,23,25)(H,24,26). The van der Waals surface area contributed by atoms with Gasteiger partial charge in [0.05, 0.1) is 28.7 Å². The lowest BCUT2D eigenvalue weighted by molar-refractivity contribution is -0.122. The second-order valence-corrected chi connectivity index (χ2v) is 6.29.